The van der Waals surface area contributed by atoms with Crippen molar-refractivity contribution in [2.75, 3.05) is 38.5 Å². The minimum atomic E-state index is -0.855. The van der Waals surface area contributed by atoms with Crippen molar-refractivity contribution in [1.82, 2.24) is 24.9 Å². The molecule has 40 heavy (non-hydrogen) atoms. The fourth-order valence-corrected chi connectivity index (χ4v) is 5.97. The average molecular weight is 553 g/mol. The summed E-state index contributed by atoms with van der Waals surface area (Å²) in [4.78, 5) is 43.4. The molecule has 216 valence electrons. The van der Waals surface area contributed by atoms with Gasteiger partial charge in [0.05, 0.1) is 11.7 Å². The van der Waals surface area contributed by atoms with Gasteiger partial charge >= 0.3 is 0 Å². The van der Waals surface area contributed by atoms with Crippen LogP contribution in [0.4, 0.5) is 10.1 Å². The molecule has 2 saturated carbocycles. The summed E-state index contributed by atoms with van der Waals surface area (Å²) in [6.45, 7) is 2.65. The molecule has 9 nitrogen and oxygen atoms in total. The number of rotatable bonds is 9. The number of carbonyl (C=O) groups is 3. The summed E-state index contributed by atoms with van der Waals surface area (Å²) in [6, 6.07) is 5.65. The summed E-state index contributed by atoms with van der Waals surface area (Å²) in [5.74, 6) is -0.890. The first-order valence-electron chi connectivity index (χ1n) is 14.8. The highest BCUT2D eigenvalue weighted by Gasteiger charge is 2.31. The number of hydrogen-bond acceptors (Lipinski definition) is 5. The number of hydrogen-bond donors (Lipinski definition) is 2. The molecule has 1 atom stereocenters. The Bertz CT molecular complexity index is 1200. The average Bonchev–Trinajstić information content (AvgIpc) is 3.39. The van der Waals surface area contributed by atoms with Crippen molar-refractivity contribution in [3.8, 4) is 0 Å². The van der Waals surface area contributed by atoms with E-state index < -0.39 is 11.9 Å². The van der Waals surface area contributed by atoms with Crippen LogP contribution in [0.2, 0.25) is 0 Å². The third-order valence-corrected chi connectivity index (χ3v) is 8.69. The van der Waals surface area contributed by atoms with E-state index in [4.69, 9.17) is 0 Å². The van der Waals surface area contributed by atoms with Crippen LogP contribution in [0, 0.1) is 11.7 Å². The normalized spacial score (nSPS) is 19.6. The molecule has 3 fully saturated rings. The van der Waals surface area contributed by atoms with Crippen molar-refractivity contribution in [2.24, 2.45) is 5.92 Å². The summed E-state index contributed by atoms with van der Waals surface area (Å²) in [6.07, 6.45) is 10.8. The van der Waals surface area contributed by atoms with E-state index in [1.165, 1.54) is 12.5 Å². The number of halogens is 1. The second-order valence-corrected chi connectivity index (χ2v) is 11.7. The lowest BCUT2D eigenvalue weighted by Crippen LogP contribution is -2.55. The Labute approximate surface area is 235 Å². The lowest BCUT2D eigenvalue weighted by molar-refractivity contribution is -0.134. The lowest BCUT2D eigenvalue weighted by atomic mass is 9.87. The van der Waals surface area contributed by atoms with Gasteiger partial charge in [0.15, 0.2) is 0 Å². The number of carbonyl (C=O) groups excluding carboxylic acids is 3. The number of benzene rings is 1. The molecule has 0 spiro atoms. The molecular weight excluding hydrogens is 511 g/mol. The van der Waals surface area contributed by atoms with E-state index in [0.717, 1.165) is 58.0 Å². The summed E-state index contributed by atoms with van der Waals surface area (Å²) in [5.41, 5.74) is 1.14. The van der Waals surface area contributed by atoms with Gasteiger partial charge in [-0.15, -0.1) is 0 Å². The van der Waals surface area contributed by atoms with Gasteiger partial charge in [-0.1, -0.05) is 25.3 Å². The van der Waals surface area contributed by atoms with E-state index in [2.05, 4.69) is 20.6 Å². The molecule has 1 aromatic heterocycles. The first-order valence-corrected chi connectivity index (χ1v) is 14.8. The fraction of sp³-hybridized carbons (Fsp3) is 0.600. The second kappa shape index (κ2) is 12.9. The van der Waals surface area contributed by atoms with Gasteiger partial charge in [-0.3, -0.25) is 19.1 Å². The van der Waals surface area contributed by atoms with Crippen LogP contribution in [-0.4, -0.2) is 76.6 Å². The number of likely N-dealkylation sites (N-methyl/N-ethyl adjacent to an activating group) is 1. The van der Waals surface area contributed by atoms with E-state index in [-0.39, 0.29) is 35.9 Å². The van der Waals surface area contributed by atoms with Gasteiger partial charge < -0.3 is 20.4 Å². The predicted molar refractivity (Wildman–Crippen MR) is 150 cm³/mol. The maximum absolute atomic E-state index is 15.1. The fourth-order valence-electron chi connectivity index (χ4n) is 5.97. The highest BCUT2D eigenvalue weighted by atomic mass is 19.1. The molecule has 1 aliphatic heterocycles. The molecular formula is C30H41FN6O3. The zero-order valence-corrected chi connectivity index (χ0v) is 23.4. The van der Waals surface area contributed by atoms with E-state index in [9.17, 15) is 14.4 Å². The van der Waals surface area contributed by atoms with Gasteiger partial charge in [-0.25, -0.2) is 4.39 Å². The molecule has 1 unspecified atom stereocenters. The van der Waals surface area contributed by atoms with Crippen LogP contribution in [0.15, 0.2) is 30.5 Å². The highest BCUT2D eigenvalue weighted by molar-refractivity contribution is 5.96. The highest BCUT2D eigenvalue weighted by Crippen LogP contribution is 2.32. The summed E-state index contributed by atoms with van der Waals surface area (Å²) in [7, 11) is 2.01. The minimum Gasteiger partial charge on any atom is -0.339 e. The number of nitrogens with zero attached hydrogens (tertiary/aromatic N) is 4. The van der Waals surface area contributed by atoms with Crippen molar-refractivity contribution in [3.63, 3.8) is 0 Å². The molecule has 1 aromatic carbocycles. The topological polar surface area (TPSA) is 99.6 Å². The number of aromatic nitrogens is 2. The minimum absolute atomic E-state index is 0.139. The molecule has 2 aromatic rings. The molecule has 1 saturated heterocycles. The molecule has 0 bridgehead atoms. The zero-order valence-electron chi connectivity index (χ0n) is 23.4. The van der Waals surface area contributed by atoms with Crippen LogP contribution in [0.25, 0.3) is 0 Å². The molecule has 5 rings (SSSR count). The number of piperazine rings is 1. The quantitative estimate of drug-likeness (QED) is 0.494. The standard InChI is InChI=1S/C30H41FN6O3/c1-35-14-16-36(17-15-35)30(40)26(34-29(39)27-12-13-32-37(27)23-8-5-9-23)19-22-10-11-25(24(31)18-22)33-28(38)20-21-6-3-2-4-7-21/h10-13,18,21,23,26H,2-9,14-17,19-20H2,1H3,(H,33,38)(H,34,39). The molecule has 3 aliphatic rings. The molecule has 10 heteroatoms. The van der Waals surface area contributed by atoms with Crippen molar-refractivity contribution in [1.29, 1.82) is 0 Å². The van der Waals surface area contributed by atoms with Crippen molar-refractivity contribution < 1.29 is 18.8 Å². The Morgan fingerprint density at radius 3 is 2.42 bits per heavy atom. The summed E-state index contributed by atoms with van der Waals surface area (Å²) >= 11 is 0. The van der Waals surface area contributed by atoms with E-state index in [0.29, 0.717) is 36.7 Å². The number of nitrogens with one attached hydrogen (secondary N) is 2. The van der Waals surface area contributed by atoms with Gasteiger partial charge in [-0.2, -0.15) is 5.10 Å². The number of amides is 3. The van der Waals surface area contributed by atoms with Gasteiger partial charge in [0, 0.05) is 45.2 Å². The SMILES string of the molecule is CN1CCN(C(=O)C(Cc2ccc(NC(=O)CC3CCCCC3)c(F)c2)NC(=O)c2ccnn2C2CCC2)CC1. The molecule has 2 heterocycles. The van der Waals surface area contributed by atoms with Crippen LogP contribution in [0.1, 0.15) is 79.9 Å². The summed E-state index contributed by atoms with van der Waals surface area (Å²) < 4.78 is 16.8. The Morgan fingerprint density at radius 2 is 1.75 bits per heavy atom. The third-order valence-electron chi connectivity index (χ3n) is 8.69. The Hall–Kier alpha value is -3.27. The van der Waals surface area contributed by atoms with Crippen LogP contribution in [-0.2, 0) is 16.0 Å². The van der Waals surface area contributed by atoms with E-state index in [1.807, 2.05) is 7.05 Å². The summed E-state index contributed by atoms with van der Waals surface area (Å²) in [5, 5.41) is 10.0. The first-order chi connectivity index (χ1) is 19.4. The first kappa shape index (κ1) is 28.3. The lowest BCUT2D eigenvalue weighted by Gasteiger charge is -2.35. The smallest absolute Gasteiger partial charge is 0.270 e. The monoisotopic (exact) mass is 552 g/mol. The van der Waals surface area contributed by atoms with Crippen molar-refractivity contribution in [2.45, 2.75) is 76.3 Å². The Kier molecular flexibility index (Phi) is 9.14. The Morgan fingerprint density at radius 1 is 1.00 bits per heavy atom. The van der Waals surface area contributed by atoms with Gasteiger partial charge in [0.1, 0.15) is 17.6 Å². The van der Waals surface area contributed by atoms with E-state index >= 15 is 4.39 Å². The van der Waals surface area contributed by atoms with Gasteiger partial charge in [0.25, 0.3) is 5.91 Å². The van der Waals surface area contributed by atoms with Crippen molar-refractivity contribution in [3.05, 3.63) is 47.5 Å². The Balaban J connectivity index is 1.28. The molecule has 2 N–H and O–H groups in total. The van der Waals surface area contributed by atoms with Crippen LogP contribution in [0.3, 0.4) is 0 Å². The molecule has 0 radical (unpaired) electrons. The maximum Gasteiger partial charge on any atom is 0.270 e. The van der Waals surface area contributed by atoms with Crippen LogP contribution < -0.4 is 10.6 Å². The molecule has 3 amide bonds. The van der Waals surface area contributed by atoms with Crippen molar-refractivity contribution >= 4 is 23.4 Å². The maximum atomic E-state index is 15.1. The zero-order chi connectivity index (χ0) is 28.1. The predicted octanol–water partition coefficient (Wildman–Crippen LogP) is 3.77. The number of anilines is 1. The van der Waals surface area contributed by atoms with Crippen LogP contribution in [0.5, 0.6) is 0 Å². The molecule has 2 aliphatic carbocycles. The second-order valence-electron chi connectivity index (χ2n) is 11.7. The van der Waals surface area contributed by atoms with Gasteiger partial charge in [0.2, 0.25) is 11.8 Å². The van der Waals surface area contributed by atoms with Crippen LogP contribution >= 0.6 is 0 Å². The van der Waals surface area contributed by atoms with E-state index in [1.54, 1.807) is 34.0 Å². The largest absolute Gasteiger partial charge is 0.339 e. The third kappa shape index (κ3) is 6.89. The van der Waals surface area contributed by atoms with Gasteiger partial charge in [-0.05, 0) is 68.8 Å².